The van der Waals surface area contributed by atoms with Crippen LogP contribution in [0.2, 0.25) is 0 Å². The summed E-state index contributed by atoms with van der Waals surface area (Å²) in [6.45, 7) is 0. The van der Waals surface area contributed by atoms with Gasteiger partial charge in [-0.3, -0.25) is 0 Å². The zero-order valence-corrected chi connectivity index (χ0v) is 8.05. The van der Waals surface area contributed by atoms with Gasteiger partial charge >= 0.3 is 0 Å². The molecule has 0 amide bonds. The molecular weight excluding hydrogens is 212 g/mol. The molecule has 1 heterocycles. The van der Waals surface area contributed by atoms with E-state index in [4.69, 9.17) is 0 Å². The number of halogens is 1. The average molecular weight is 223 g/mol. The lowest BCUT2D eigenvalue weighted by atomic mass is 10.5. The summed E-state index contributed by atoms with van der Waals surface area (Å²) in [5.74, 6) is 0.896. The fourth-order valence-corrected chi connectivity index (χ4v) is 2.97. The standard InChI is InChI=1S/C7H11BrOS/c8-5-7(9)6-10-3-1-2-4-10/h1-4,7,9-10H,5-6H2. The summed E-state index contributed by atoms with van der Waals surface area (Å²) in [5.41, 5.74) is 0. The van der Waals surface area contributed by atoms with Crippen molar-refractivity contribution in [1.29, 1.82) is 0 Å². The highest BCUT2D eigenvalue weighted by atomic mass is 79.9. The van der Waals surface area contributed by atoms with Crippen LogP contribution in [-0.4, -0.2) is 22.3 Å². The molecule has 1 rings (SSSR count). The van der Waals surface area contributed by atoms with Crippen molar-refractivity contribution < 1.29 is 5.11 Å². The first-order valence-corrected chi connectivity index (χ1v) is 5.96. The van der Waals surface area contributed by atoms with Gasteiger partial charge in [-0.25, -0.2) is 10.9 Å². The molecule has 0 aromatic carbocycles. The Morgan fingerprint density at radius 2 is 2.00 bits per heavy atom. The minimum Gasteiger partial charge on any atom is -0.391 e. The van der Waals surface area contributed by atoms with Gasteiger partial charge in [-0.1, -0.05) is 28.1 Å². The number of alkyl halides is 1. The van der Waals surface area contributed by atoms with Gasteiger partial charge in [0.1, 0.15) is 0 Å². The Labute approximate surface area is 72.3 Å². The SMILES string of the molecule is OC(CBr)C[SH]1C=CC=C1. The van der Waals surface area contributed by atoms with Crippen LogP contribution in [0.5, 0.6) is 0 Å². The molecule has 0 saturated heterocycles. The third-order valence-corrected chi connectivity index (χ3v) is 3.97. The molecule has 10 heavy (non-hydrogen) atoms. The average Bonchev–Trinajstić information content (AvgIpc) is 2.40. The first-order chi connectivity index (χ1) is 4.83. The molecule has 58 valence electrons. The number of allylic oxidation sites excluding steroid dienone is 2. The number of hydrogen-bond acceptors (Lipinski definition) is 1. The van der Waals surface area contributed by atoms with Gasteiger partial charge in [0.25, 0.3) is 0 Å². The van der Waals surface area contributed by atoms with Crippen LogP contribution in [0.15, 0.2) is 23.0 Å². The summed E-state index contributed by atoms with van der Waals surface area (Å²) < 4.78 is 0. The van der Waals surface area contributed by atoms with Crippen molar-refractivity contribution in [2.75, 3.05) is 11.1 Å². The molecule has 1 aliphatic rings. The highest BCUT2D eigenvalue weighted by Gasteiger charge is 2.05. The molecule has 0 aromatic heterocycles. The maximum atomic E-state index is 9.22. The topological polar surface area (TPSA) is 20.2 Å². The van der Waals surface area contributed by atoms with Crippen molar-refractivity contribution in [3.63, 3.8) is 0 Å². The lowest BCUT2D eigenvalue weighted by Crippen LogP contribution is -2.12. The Balaban J connectivity index is 2.25. The highest BCUT2D eigenvalue weighted by Crippen LogP contribution is 2.33. The summed E-state index contributed by atoms with van der Waals surface area (Å²) >= 11 is 3.23. The fraction of sp³-hybridized carbons (Fsp3) is 0.429. The summed E-state index contributed by atoms with van der Waals surface area (Å²) in [5, 5.41) is 14.2. The van der Waals surface area contributed by atoms with Crippen molar-refractivity contribution in [3.05, 3.63) is 23.0 Å². The fourth-order valence-electron chi connectivity index (χ4n) is 0.784. The molecule has 1 nitrogen and oxygen atoms in total. The number of rotatable bonds is 3. The minimum atomic E-state index is -0.182. The molecule has 0 radical (unpaired) electrons. The predicted octanol–water partition coefficient (Wildman–Crippen LogP) is 1.78. The number of thiol groups is 1. The van der Waals surface area contributed by atoms with Crippen molar-refractivity contribution in [2.24, 2.45) is 0 Å². The smallest absolute Gasteiger partial charge is 0.0716 e. The summed E-state index contributed by atoms with van der Waals surface area (Å²) in [7, 11) is -0.131. The molecule has 0 saturated carbocycles. The van der Waals surface area contributed by atoms with Gasteiger partial charge < -0.3 is 5.11 Å². The molecule has 0 bridgehead atoms. The quantitative estimate of drug-likeness (QED) is 0.552. The molecule has 0 aliphatic carbocycles. The van der Waals surface area contributed by atoms with E-state index in [-0.39, 0.29) is 17.0 Å². The molecule has 0 spiro atoms. The molecule has 3 heteroatoms. The Morgan fingerprint density at radius 1 is 1.40 bits per heavy atom. The molecule has 0 aromatic rings. The number of aliphatic hydroxyl groups excluding tert-OH is 1. The van der Waals surface area contributed by atoms with Gasteiger partial charge in [0.05, 0.1) is 6.10 Å². The van der Waals surface area contributed by atoms with E-state index in [1.54, 1.807) is 0 Å². The van der Waals surface area contributed by atoms with Crippen molar-refractivity contribution in [3.8, 4) is 0 Å². The largest absolute Gasteiger partial charge is 0.391 e. The van der Waals surface area contributed by atoms with Crippen LogP contribution in [0, 0.1) is 0 Å². The molecular formula is C7H11BrOS. The summed E-state index contributed by atoms with van der Waals surface area (Å²) in [6, 6.07) is 0. The maximum absolute atomic E-state index is 9.22. The van der Waals surface area contributed by atoms with Crippen molar-refractivity contribution in [2.45, 2.75) is 6.10 Å². The van der Waals surface area contributed by atoms with E-state index in [1.165, 1.54) is 0 Å². The van der Waals surface area contributed by atoms with Gasteiger partial charge in [0, 0.05) is 11.1 Å². The van der Waals surface area contributed by atoms with E-state index in [9.17, 15) is 5.11 Å². The Bertz CT molecular complexity index is 144. The lowest BCUT2D eigenvalue weighted by molar-refractivity contribution is 0.226. The molecule has 0 fully saturated rings. The minimum absolute atomic E-state index is 0.131. The van der Waals surface area contributed by atoms with Crippen LogP contribution in [0.25, 0.3) is 0 Å². The van der Waals surface area contributed by atoms with Gasteiger partial charge in [-0.05, 0) is 10.8 Å². The van der Waals surface area contributed by atoms with Gasteiger partial charge in [0.2, 0.25) is 0 Å². The molecule has 1 N–H and O–H groups in total. The first kappa shape index (κ1) is 8.37. The zero-order valence-electron chi connectivity index (χ0n) is 5.57. The normalized spacial score (nSPS) is 22.0. The molecule has 1 aliphatic heterocycles. The Morgan fingerprint density at radius 3 is 2.50 bits per heavy atom. The van der Waals surface area contributed by atoms with E-state index in [2.05, 4.69) is 26.7 Å². The summed E-state index contributed by atoms with van der Waals surface area (Å²) in [6.07, 6.45) is 3.91. The zero-order chi connectivity index (χ0) is 7.40. The predicted molar refractivity (Wildman–Crippen MR) is 51.9 cm³/mol. The van der Waals surface area contributed by atoms with E-state index in [0.717, 1.165) is 5.75 Å². The Kier molecular flexibility index (Phi) is 3.52. The monoisotopic (exact) mass is 222 g/mol. The van der Waals surface area contributed by atoms with E-state index >= 15 is 0 Å². The van der Waals surface area contributed by atoms with Gasteiger partial charge in [0.15, 0.2) is 0 Å². The second-order valence-electron chi connectivity index (χ2n) is 2.19. The van der Waals surface area contributed by atoms with Crippen molar-refractivity contribution >= 4 is 26.8 Å². The van der Waals surface area contributed by atoms with Gasteiger partial charge in [-0.2, -0.15) is 0 Å². The van der Waals surface area contributed by atoms with Crippen LogP contribution < -0.4 is 0 Å². The second-order valence-corrected chi connectivity index (χ2v) is 4.83. The van der Waals surface area contributed by atoms with E-state index in [0.29, 0.717) is 5.33 Å². The third kappa shape index (κ3) is 2.48. The van der Waals surface area contributed by atoms with Crippen molar-refractivity contribution in [1.82, 2.24) is 0 Å². The van der Waals surface area contributed by atoms with Crippen LogP contribution in [0.3, 0.4) is 0 Å². The summed E-state index contributed by atoms with van der Waals surface area (Å²) in [4.78, 5) is 0. The van der Waals surface area contributed by atoms with E-state index < -0.39 is 0 Å². The Hall–Kier alpha value is 0.270. The number of hydrogen-bond donors (Lipinski definition) is 2. The maximum Gasteiger partial charge on any atom is 0.0716 e. The second kappa shape index (κ2) is 4.21. The lowest BCUT2D eigenvalue weighted by Gasteiger charge is -2.12. The van der Waals surface area contributed by atoms with Crippen LogP contribution >= 0.6 is 26.8 Å². The third-order valence-electron chi connectivity index (χ3n) is 1.27. The van der Waals surface area contributed by atoms with Crippen LogP contribution in [0.4, 0.5) is 0 Å². The molecule has 1 unspecified atom stereocenters. The van der Waals surface area contributed by atoms with Crippen LogP contribution in [0.1, 0.15) is 0 Å². The highest BCUT2D eigenvalue weighted by molar-refractivity contribution is 9.09. The first-order valence-electron chi connectivity index (χ1n) is 3.17. The van der Waals surface area contributed by atoms with Gasteiger partial charge in [-0.15, -0.1) is 0 Å². The number of aliphatic hydroxyl groups is 1. The van der Waals surface area contributed by atoms with Crippen LogP contribution in [-0.2, 0) is 0 Å². The molecule has 1 atom stereocenters. The van der Waals surface area contributed by atoms with E-state index in [1.807, 2.05) is 12.2 Å².